The van der Waals surface area contributed by atoms with Crippen LogP contribution < -0.4 is 5.32 Å². The number of amides is 3. The molecule has 4 aromatic rings. The molecule has 0 radical (unpaired) electrons. The van der Waals surface area contributed by atoms with Gasteiger partial charge in [0.25, 0.3) is 17.7 Å². The molecular weight excluding hydrogens is 517 g/mol. The molecule has 0 bridgehead atoms. The summed E-state index contributed by atoms with van der Waals surface area (Å²) in [6, 6.07) is 15.6. The van der Waals surface area contributed by atoms with E-state index in [-0.39, 0.29) is 29.7 Å². The molecule has 38 heavy (non-hydrogen) atoms. The van der Waals surface area contributed by atoms with Gasteiger partial charge in [-0.25, -0.2) is 0 Å². The molecule has 5 rings (SSSR count). The van der Waals surface area contributed by atoms with E-state index in [9.17, 15) is 27.6 Å². The number of halogens is 3. The van der Waals surface area contributed by atoms with Gasteiger partial charge in [0.15, 0.2) is 0 Å². The van der Waals surface area contributed by atoms with Crippen LogP contribution in [-0.2, 0) is 19.6 Å². The van der Waals surface area contributed by atoms with Gasteiger partial charge in [0.05, 0.1) is 38.2 Å². The summed E-state index contributed by atoms with van der Waals surface area (Å²) in [6.07, 6.45) is -3.22. The Labute approximate surface area is 219 Å². The average molecular weight is 539 g/mol. The first kappa shape index (κ1) is 25.4. The second-order valence-electron chi connectivity index (χ2n) is 8.80. The molecule has 2 aromatic carbocycles. The summed E-state index contributed by atoms with van der Waals surface area (Å²) in [6.45, 7) is -0.287. The van der Waals surface area contributed by atoms with E-state index in [0.717, 1.165) is 21.5 Å². The molecular formula is C27H21F3N4O3S. The van der Waals surface area contributed by atoms with Gasteiger partial charge in [-0.15, -0.1) is 11.3 Å². The topological polar surface area (TPSA) is 84.3 Å². The predicted molar refractivity (Wildman–Crippen MR) is 135 cm³/mol. The normalized spacial score (nSPS) is 14.1. The lowest BCUT2D eigenvalue weighted by Crippen LogP contribution is -2.47. The van der Waals surface area contributed by atoms with Crippen LogP contribution >= 0.6 is 11.3 Å². The Hall–Kier alpha value is -4.25. The molecule has 0 aliphatic carbocycles. The number of aromatic nitrogens is 2. The number of benzene rings is 2. The van der Waals surface area contributed by atoms with Crippen LogP contribution in [0.15, 0.2) is 72.9 Å². The molecule has 1 unspecified atom stereocenters. The van der Waals surface area contributed by atoms with Crippen molar-refractivity contribution in [2.45, 2.75) is 18.6 Å². The van der Waals surface area contributed by atoms with Crippen LogP contribution in [0, 0.1) is 0 Å². The molecule has 0 saturated carbocycles. The number of imide groups is 1. The van der Waals surface area contributed by atoms with E-state index in [1.165, 1.54) is 41.7 Å². The van der Waals surface area contributed by atoms with Crippen molar-refractivity contribution in [2.24, 2.45) is 7.05 Å². The van der Waals surface area contributed by atoms with E-state index in [1.54, 1.807) is 48.3 Å². The molecule has 1 N–H and O–H groups in total. The van der Waals surface area contributed by atoms with E-state index < -0.39 is 35.5 Å². The number of nitrogens with one attached hydrogen (secondary N) is 1. The molecule has 7 nitrogen and oxygen atoms in total. The van der Waals surface area contributed by atoms with Crippen LogP contribution in [0.25, 0.3) is 10.6 Å². The van der Waals surface area contributed by atoms with Crippen LogP contribution in [0.3, 0.4) is 0 Å². The first-order valence-corrected chi connectivity index (χ1v) is 12.4. The van der Waals surface area contributed by atoms with Crippen LogP contribution in [0.5, 0.6) is 0 Å². The number of fused-ring (bicyclic) bond motifs is 1. The Morgan fingerprint density at radius 2 is 1.63 bits per heavy atom. The lowest BCUT2D eigenvalue weighted by atomic mass is 9.99. The molecule has 0 spiro atoms. The molecule has 0 saturated heterocycles. The summed E-state index contributed by atoms with van der Waals surface area (Å²) in [5.41, 5.74) is 0.352. The molecule has 3 heterocycles. The third-order valence-corrected chi connectivity index (χ3v) is 7.42. The van der Waals surface area contributed by atoms with Gasteiger partial charge in [-0.1, -0.05) is 30.3 Å². The number of hydrogen-bond donors (Lipinski definition) is 1. The van der Waals surface area contributed by atoms with Gasteiger partial charge < -0.3 is 5.32 Å². The fraction of sp³-hybridized carbons (Fsp3) is 0.185. The minimum Gasteiger partial charge on any atom is -0.346 e. The smallest absolute Gasteiger partial charge is 0.346 e. The monoisotopic (exact) mass is 538 g/mol. The third-order valence-electron chi connectivity index (χ3n) is 6.31. The highest BCUT2D eigenvalue weighted by atomic mass is 32.1. The fourth-order valence-electron chi connectivity index (χ4n) is 4.50. The predicted octanol–water partition coefficient (Wildman–Crippen LogP) is 4.80. The summed E-state index contributed by atoms with van der Waals surface area (Å²) < 4.78 is 42.7. The van der Waals surface area contributed by atoms with Gasteiger partial charge in [0.1, 0.15) is 0 Å². The molecule has 1 aliphatic rings. The summed E-state index contributed by atoms with van der Waals surface area (Å²) in [4.78, 5) is 41.2. The first-order valence-electron chi connectivity index (χ1n) is 11.6. The van der Waals surface area contributed by atoms with E-state index in [2.05, 4.69) is 10.4 Å². The Morgan fingerprint density at radius 1 is 0.974 bits per heavy atom. The lowest BCUT2D eigenvalue weighted by molar-refractivity contribution is -0.138. The van der Waals surface area contributed by atoms with Crippen molar-refractivity contribution >= 4 is 29.1 Å². The number of aryl methyl sites for hydroxylation is 1. The van der Waals surface area contributed by atoms with Gasteiger partial charge in [-0.05, 0) is 48.4 Å². The molecule has 194 valence electrons. The lowest BCUT2D eigenvalue weighted by Gasteiger charge is -2.25. The molecule has 2 aromatic heterocycles. The SMILES string of the molecule is Cn1nccc1-c1ccc(C(=O)NC(Cc2ccccc2C(F)(F)F)CN2C(=O)c3ccccc3C2=O)s1. The maximum absolute atomic E-state index is 13.7. The van der Waals surface area contributed by atoms with Crippen LogP contribution in [0.4, 0.5) is 13.2 Å². The highest BCUT2D eigenvalue weighted by Gasteiger charge is 2.38. The van der Waals surface area contributed by atoms with Crippen molar-refractivity contribution in [3.8, 4) is 10.6 Å². The zero-order valence-electron chi connectivity index (χ0n) is 20.0. The maximum Gasteiger partial charge on any atom is 0.416 e. The zero-order chi connectivity index (χ0) is 27.0. The van der Waals surface area contributed by atoms with Gasteiger partial charge in [-0.2, -0.15) is 18.3 Å². The minimum atomic E-state index is -4.60. The minimum absolute atomic E-state index is 0.0522. The highest BCUT2D eigenvalue weighted by Crippen LogP contribution is 2.33. The number of carbonyl (C=O) groups excluding carboxylic acids is 3. The third kappa shape index (κ3) is 4.84. The summed E-state index contributed by atoms with van der Waals surface area (Å²) >= 11 is 1.20. The molecule has 11 heteroatoms. The number of alkyl halides is 3. The average Bonchev–Trinajstić information content (AvgIpc) is 3.59. The zero-order valence-corrected chi connectivity index (χ0v) is 20.8. The first-order chi connectivity index (χ1) is 18.1. The Bertz CT molecular complexity index is 1510. The van der Waals surface area contributed by atoms with Gasteiger partial charge >= 0.3 is 6.18 Å². The van der Waals surface area contributed by atoms with Gasteiger partial charge in [0.2, 0.25) is 0 Å². The summed E-state index contributed by atoms with van der Waals surface area (Å²) in [5, 5.41) is 6.88. The Morgan fingerprint density at radius 3 is 2.26 bits per heavy atom. The molecule has 0 fully saturated rings. The number of nitrogens with zero attached hydrogens (tertiary/aromatic N) is 3. The van der Waals surface area contributed by atoms with Gasteiger partial charge in [-0.3, -0.25) is 24.0 Å². The largest absolute Gasteiger partial charge is 0.416 e. The van der Waals surface area contributed by atoms with E-state index in [4.69, 9.17) is 0 Å². The molecule has 3 amide bonds. The highest BCUT2D eigenvalue weighted by molar-refractivity contribution is 7.17. The van der Waals surface area contributed by atoms with Gasteiger partial charge in [0, 0.05) is 19.8 Å². The summed E-state index contributed by atoms with van der Waals surface area (Å²) in [5.74, 6) is -1.62. The standard InChI is InChI=1S/C27H21F3N4O3S/c1-33-21(12-13-31-33)22-10-11-23(38-22)24(35)32-17(14-16-6-2-5-9-20(16)27(28,29)30)15-34-25(36)18-7-3-4-8-19(18)26(34)37/h2-13,17H,14-15H2,1H3,(H,32,35). The molecule has 1 atom stereocenters. The number of carbonyl (C=O) groups is 3. The number of rotatable bonds is 7. The van der Waals surface area contributed by atoms with E-state index in [1.807, 2.05) is 0 Å². The summed E-state index contributed by atoms with van der Waals surface area (Å²) in [7, 11) is 1.77. The fourth-order valence-corrected chi connectivity index (χ4v) is 5.46. The van der Waals surface area contributed by atoms with Crippen molar-refractivity contribution < 1.29 is 27.6 Å². The Kier molecular flexibility index (Phi) is 6.62. The Balaban J connectivity index is 1.43. The second kappa shape index (κ2) is 9.90. The van der Waals surface area contributed by atoms with Crippen LogP contribution in [0.2, 0.25) is 0 Å². The van der Waals surface area contributed by atoms with Crippen LogP contribution in [0.1, 0.15) is 41.5 Å². The van der Waals surface area contributed by atoms with Crippen LogP contribution in [-0.4, -0.2) is 45.0 Å². The van der Waals surface area contributed by atoms with Crippen molar-refractivity contribution in [3.05, 3.63) is 100 Å². The van der Waals surface area contributed by atoms with E-state index in [0.29, 0.717) is 4.88 Å². The maximum atomic E-state index is 13.7. The van der Waals surface area contributed by atoms with Crippen molar-refractivity contribution in [2.75, 3.05) is 6.54 Å². The molecule has 1 aliphatic heterocycles. The number of hydrogen-bond acceptors (Lipinski definition) is 5. The second-order valence-corrected chi connectivity index (χ2v) is 9.88. The van der Waals surface area contributed by atoms with Crippen molar-refractivity contribution in [3.63, 3.8) is 0 Å². The quantitative estimate of drug-likeness (QED) is 0.343. The van der Waals surface area contributed by atoms with Crippen molar-refractivity contribution in [1.82, 2.24) is 20.0 Å². The van der Waals surface area contributed by atoms with E-state index >= 15 is 0 Å². The number of thiophene rings is 1. The van der Waals surface area contributed by atoms with Crippen molar-refractivity contribution in [1.29, 1.82) is 0 Å².